The molecule has 0 amide bonds. The summed E-state index contributed by atoms with van der Waals surface area (Å²) in [5.41, 5.74) is 5.48. The van der Waals surface area contributed by atoms with Crippen LogP contribution in [-0.4, -0.2) is 42.2 Å². The Bertz CT molecular complexity index is 156. The second-order valence-electron chi connectivity index (χ2n) is 4.66. The van der Waals surface area contributed by atoms with Crippen LogP contribution in [0.5, 0.6) is 0 Å². The predicted molar refractivity (Wildman–Crippen MR) is 69.9 cm³/mol. The van der Waals surface area contributed by atoms with Crippen LogP contribution in [0, 0.1) is 0 Å². The standard InChI is InChI=1S/C13H29NO3/c1-2-3-4-5-6-7-13(16)8-9-17-11-12(14)10-15/h12-13,15-16H,2-11,14H2,1H3/t12-,13-/m1/s1. The largest absolute Gasteiger partial charge is 0.395 e. The van der Waals surface area contributed by atoms with E-state index in [1.165, 1.54) is 25.7 Å². The molecule has 0 aromatic carbocycles. The van der Waals surface area contributed by atoms with Gasteiger partial charge in [0, 0.05) is 6.61 Å². The van der Waals surface area contributed by atoms with Crippen LogP contribution >= 0.6 is 0 Å². The summed E-state index contributed by atoms with van der Waals surface area (Å²) < 4.78 is 5.26. The molecule has 2 atom stereocenters. The van der Waals surface area contributed by atoms with Crippen LogP contribution in [0.3, 0.4) is 0 Å². The van der Waals surface area contributed by atoms with Gasteiger partial charge >= 0.3 is 0 Å². The van der Waals surface area contributed by atoms with Crippen molar-refractivity contribution in [1.82, 2.24) is 0 Å². The zero-order chi connectivity index (χ0) is 12.9. The lowest BCUT2D eigenvalue weighted by atomic mass is 10.1. The van der Waals surface area contributed by atoms with E-state index in [0.29, 0.717) is 19.6 Å². The minimum absolute atomic E-state index is 0.0556. The van der Waals surface area contributed by atoms with E-state index in [9.17, 15) is 5.11 Å². The fourth-order valence-electron chi connectivity index (χ4n) is 1.63. The molecule has 4 nitrogen and oxygen atoms in total. The highest BCUT2D eigenvalue weighted by atomic mass is 16.5. The zero-order valence-corrected chi connectivity index (χ0v) is 11.1. The maximum Gasteiger partial charge on any atom is 0.0639 e. The SMILES string of the molecule is CCCCCCC[C@@H](O)CCOC[C@H](N)CO. The zero-order valence-electron chi connectivity index (χ0n) is 11.1. The van der Waals surface area contributed by atoms with Crippen LogP contribution in [0.15, 0.2) is 0 Å². The Balaban J connectivity index is 3.20. The minimum Gasteiger partial charge on any atom is -0.395 e. The van der Waals surface area contributed by atoms with Gasteiger partial charge < -0.3 is 20.7 Å². The fraction of sp³-hybridized carbons (Fsp3) is 1.00. The maximum absolute atomic E-state index is 9.67. The number of nitrogens with two attached hydrogens (primary N) is 1. The van der Waals surface area contributed by atoms with Gasteiger partial charge in [0.1, 0.15) is 0 Å². The Morgan fingerprint density at radius 2 is 1.82 bits per heavy atom. The molecule has 0 radical (unpaired) electrons. The van der Waals surface area contributed by atoms with Gasteiger partial charge in [0.15, 0.2) is 0 Å². The lowest BCUT2D eigenvalue weighted by Crippen LogP contribution is -2.30. The first-order chi connectivity index (χ1) is 8.20. The molecule has 4 heteroatoms. The minimum atomic E-state index is -0.304. The molecule has 17 heavy (non-hydrogen) atoms. The molecule has 0 aliphatic rings. The Labute approximate surface area is 105 Å². The first kappa shape index (κ1) is 16.8. The Morgan fingerprint density at radius 3 is 2.47 bits per heavy atom. The van der Waals surface area contributed by atoms with E-state index in [2.05, 4.69) is 6.92 Å². The highest BCUT2D eigenvalue weighted by molar-refractivity contribution is 4.58. The highest BCUT2D eigenvalue weighted by Crippen LogP contribution is 2.09. The van der Waals surface area contributed by atoms with Crippen molar-refractivity contribution in [3.63, 3.8) is 0 Å². The lowest BCUT2D eigenvalue weighted by molar-refractivity contribution is 0.0623. The first-order valence-corrected chi connectivity index (χ1v) is 6.83. The Hall–Kier alpha value is -0.160. The van der Waals surface area contributed by atoms with Crippen molar-refractivity contribution in [2.24, 2.45) is 5.73 Å². The molecule has 0 fully saturated rings. The van der Waals surface area contributed by atoms with Gasteiger partial charge in [-0.3, -0.25) is 0 Å². The van der Waals surface area contributed by atoms with Gasteiger partial charge in [0.05, 0.1) is 25.4 Å². The molecule has 0 heterocycles. The van der Waals surface area contributed by atoms with Crippen molar-refractivity contribution in [3.05, 3.63) is 0 Å². The van der Waals surface area contributed by atoms with Gasteiger partial charge in [0.25, 0.3) is 0 Å². The third-order valence-corrected chi connectivity index (χ3v) is 2.80. The van der Waals surface area contributed by atoms with Crippen molar-refractivity contribution >= 4 is 0 Å². The van der Waals surface area contributed by atoms with Gasteiger partial charge in [-0.05, 0) is 12.8 Å². The summed E-state index contributed by atoms with van der Waals surface area (Å²) >= 11 is 0. The average Bonchev–Trinajstić information content (AvgIpc) is 2.34. The molecule has 0 aromatic rings. The van der Waals surface area contributed by atoms with Gasteiger partial charge in [-0.2, -0.15) is 0 Å². The van der Waals surface area contributed by atoms with E-state index in [4.69, 9.17) is 15.6 Å². The third kappa shape index (κ3) is 12.1. The number of hydrogen-bond donors (Lipinski definition) is 3. The number of rotatable bonds is 12. The Morgan fingerprint density at radius 1 is 1.12 bits per heavy atom. The molecule has 0 aliphatic heterocycles. The molecule has 0 aromatic heterocycles. The lowest BCUT2D eigenvalue weighted by Gasteiger charge is -2.12. The van der Waals surface area contributed by atoms with Crippen molar-refractivity contribution in [2.45, 2.75) is 64.0 Å². The van der Waals surface area contributed by atoms with Gasteiger partial charge in [-0.25, -0.2) is 0 Å². The average molecular weight is 247 g/mol. The van der Waals surface area contributed by atoms with E-state index >= 15 is 0 Å². The summed E-state index contributed by atoms with van der Waals surface area (Å²) in [5.74, 6) is 0. The maximum atomic E-state index is 9.67. The van der Waals surface area contributed by atoms with Crippen LogP contribution in [0.4, 0.5) is 0 Å². The van der Waals surface area contributed by atoms with Crippen LogP contribution in [-0.2, 0) is 4.74 Å². The summed E-state index contributed by atoms with van der Waals surface area (Å²) in [4.78, 5) is 0. The van der Waals surface area contributed by atoms with Gasteiger partial charge in [0.2, 0.25) is 0 Å². The van der Waals surface area contributed by atoms with E-state index in [1.807, 2.05) is 0 Å². The van der Waals surface area contributed by atoms with Crippen LogP contribution in [0.2, 0.25) is 0 Å². The number of aliphatic hydroxyl groups is 2. The molecule has 0 unspecified atom stereocenters. The highest BCUT2D eigenvalue weighted by Gasteiger charge is 2.05. The topological polar surface area (TPSA) is 75.7 Å². The molecule has 0 bridgehead atoms. The summed E-state index contributed by atoms with van der Waals surface area (Å²) in [6.07, 6.45) is 7.37. The molecule has 0 aliphatic carbocycles. The third-order valence-electron chi connectivity index (χ3n) is 2.80. The first-order valence-electron chi connectivity index (χ1n) is 6.83. The molecular formula is C13H29NO3. The van der Waals surface area contributed by atoms with Crippen LogP contribution < -0.4 is 5.73 Å². The molecular weight excluding hydrogens is 218 g/mol. The van der Waals surface area contributed by atoms with E-state index in [0.717, 1.165) is 12.8 Å². The van der Waals surface area contributed by atoms with Crippen LogP contribution in [0.25, 0.3) is 0 Å². The molecule has 0 saturated carbocycles. The number of unbranched alkanes of at least 4 members (excludes halogenated alkanes) is 4. The van der Waals surface area contributed by atoms with Crippen molar-refractivity contribution in [3.8, 4) is 0 Å². The van der Waals surface area contributed by atoms with Crippen molar-refractivity contribution in [2.75, 3.05) is 19.8 Å². The summed E-state index contributed by atoms with van der Waals surface area (Å²) in [6.45, 7) is 3.02. The molecule has 0 rings (SSSR count). The molecule has 0 spiro atoms. The monoisotopic (exact) mass is 247 g/mol. The summed E-state index contributed by atoms with van der Waals surface area (Å²) in [5, 5.41) is 18.3. The van der Waals surface area contributed by atoms with E-state index < -0.39 is 0 Å². The quantitative estimate of drug-likeness (QED) is 0.456. The van der Waals surface area contributed by atoms with Crippen molar-refractivity contribution in [1.29, 1.82) is 0 Å². The number of hydrogen-bond acceptors (Lipinski definition) is 4. The normalized spacial score (nSPS) is 14.8. The van der Waals surface area contributed by atoms with Crippen molar-refractivity contribution < 1.29 is 14.9 Å². The molecule has 104 valence electrons. The fourth-order valence-corrected chi connectivity index (χ4v) is 1.63. The van der Waals surface area contributed by atoms with E-state index in [1.54, 1.807) is 0 Å². The second kappa shape index (κ2) is 12.3. The summed E-state index contributed by atoms with van der Waals surface area (Å²) in [7, 11) is 0. The number of aliphatic hydroxyl groups excluding tert-OH is 2. The van der Waals surface area contributed by atoms with Crippen LogP contribution in [0.1, 0.15) is 51.9 Å². The smallest absolute Gasteiger partial charge is 0.0639 e. The van der Waals surface area contributed by atoms with Gasteiger partial charge in [-0.1, -0.05) is 39.0 Å². The molecule has 0 saturated heterocycles. The summed E-state index contributed by atoms with van der Waals surface area (Å²) in [6, 6.07) is -0.304. The van der Waals surface area contributed by atoms with Gasteiger partial charge in [-0.15, -0.1) is 0 Å². The second-order valence-corrected chi connectivity index (χ2v) is 4.66. The number of ether oxygens (including phenoxy) is 1. The Kier molecular flexibility index (Phi) is 12.2. The molecule has 4 N–H and O–H groups in total. The van der Waals surface area contributed by atoms with E-state index in [-0.39, 0.29) is 18.8 Å². The predicted octanol–water partition coefficient (Wildman–Crippen LogP) is 1.43.